The first kappa shape index (κ1) is 26.1. The smallest absolute Gasteiger partial charge is 0.314 e. The number of halogens is 4. The van der Waals surface area contributed by atoms with Gasteiger partial charge in [-0.05, 0) is 30.5 Å². The van der Waals surface area contributed by atoms with Gasteiger partial charge in [0.05, 0.1) is 17.9 Å². The van der Waals surface area contributed by atoms with Crippen LogP contribution in [0.2, 0.25) is 0 Å². The fourth-order valence-electron chi connectivity index (χ4n) is 4.37. The van der Waals surface area contributed by atoms with Crippen molar-refractivity contribution < 1.29 is 31.6 Å². The molecule has 3 aromatic rings. The van der Waals surface area contributed by atoms with Crippen molar-refractivity contribution in [3.05, 3.63) is 59.5 Å². The second kappa shape index (κ2) is 11.0. The van der Waals surface area contributed by atoms with E-state index in [1.54, 1.807) is 36.2 Å². The summed E-state index contributed by atoms with van der Waals surface area (Å²) in [6, 6.07) is 8.43. The van der Waals surface area contributed by atoms with E-state index >= 15 is 0 Å². The lowest BCUT2D eigenvalue weighted by atomic mass is 10.0. The van der Waals surface area contributed by atoms with Gasteiger partial charge < -0.3 is 19.1 Å². The van der Waals surface area contributed by atoms with Gasteiger partial charge in [0.2, 0.25) is 18.2 Å². The van der Waals surface area contributed by atoms with Crippen LogP contribution in [0.15, 0.2) is 40.8 Å². The highest BCUT2D eigenvalue weighted by Crippen LogP contribution is 2.35. The number of benzene rings is 2. The summed E-state index contributed by atoms with van der Waals surface area (Å²) in [5.41, 5.74) is 1.57. The summed E-state index contributed by atoms with van der Waals surface area (Å²) in [6.45, 7) is 2.64. The minimum Gasteiger partial charge on any atom is -0.415 e. The number of aromatic nitrogens is 2. The molecular weight excluding hydrogens is 494 g/mol. The number of alkyl halides is 2. The number of nitrogens with zero attached hydrogens (tertiary/aromatic N) is 5. The average molecular weight is 519 g/mol. The largest absolute Gasteiger partial charge is 0.415 e. The van der Waals surface area contributed by atoms with Crippen molar-refractivity contribution >= 4 is 23.7 Å². The molecule has 196 valence electrons. The van der Waals surface area contributed by atoms with E-state index in [9.17, 15) is 27.2 Å². The molecular formula is C25H25F4N5O3. The molecule has 0 radical (unpaired) electrons. The van der Waals surface area contributed by atoms with E-state index in [2.05, 4.69) is 10.2 Å². The molecule has 0 atom stereocenters. The van der Waals surface area contributed by atoms with Gasteiger partial charge >= 0.3 is 6.43 Å². The van der Waals surface area contributed by atoms with Crippen molar-refractivity contribution in [1.82, 2.24) is 15.1 Å². The van der Waals surface area contributed by atoms with Crippen molar-refractivity contribution in [1.29, 1.82) is 0 Å². The van der Waals surface area contributed by atoms with Gasteiger partial charge in [-0.3, -0.25) is 9.59 Å². The first-order valence-electron chi connectivity index (χ1n) is 11.6. The Balaban J connectivity index is 1.55. The number of hydrogen-bond donors (Lipinski definition) is 0. The van der Waals surface area contributed by atoms with Crippen LogP contribution in [0.5, 0.6) is 0 Å². The number of carbonyl (C=O) groups is 2. The van der Waals surface area contributed by atoms with Crippen molar-refractivity contribution in [2.24, 2.45) is 0 Å². The molecule has 0 unspecified atom stereocenters. The molecule has 2 amide bonds. The van der Waals surface area contributed by atoms with Gasteiger partial charge in [0.1, 0.15) is 0 Å². The van der Waals surface area contributed by atoms with Gasteiger partial charge in [-0.1, -0.05) is 12.1 Å². The number of hydrogen-bond acceptors (Lipinski definition) is 6. The Morgan fingerprint density at radius 2 is 1.73 bits per heavy atom. The van der Waals surface area contributed by atoms with Gasteiger partial charge in [0, 0.05) is 50.8 Å². The zero-order valence-electron chi connectivity index (χ0n) is 20.2. The number of anilines is 2. The SMILES string of the molecule is CC(=O)N1CCC(N(C)c2cc(F)c(F)cc2N(C=O)Cc2ccc(-c3nnc(C(F)F)o3)cc2)CC1. The third-order valence-corrected chi connectivity index (χ3v) is 6.47. The van der Waals surface area contributed by atoms with E-state index in [1.807, 2.05) is 4.90 Å². The van der Waals surface area contributed by atoms with Crippen molar-refractivity contribution in [2.75, 3.05) is 29.9 Å². The molecule has 1 fully saturated rings. The first-order valence-corrected chi connectivity index (χ1v) is 11.6. The van der Waals surface area contributed by atoms with E-state index in [-0.39, 0.29) is 30.1 Å². The molecule has 2 aromatic carbocycles. The van der Waals surface area contributed by atoms with Crippen molar-refractivity contribution in [3.63, 3.8) is 0 Å². The average Bonchev–Trinajstić information content (AvgIpc) is 3.39. The molecule has 0 saturated carbocycles. The van der Waals surface area contributed by atoms with Crippen LogP contribution in [0, 0.1) is 11.6 Å². The van der Waals surface area contributed by atoms with Crippen LogP contribution >= 0.6 is 0 Å². The fourth-order valence-corrected chi connectivity index (χ4v) is 4.37. The van der Waals surface area contributed by atoms with E-state index in [0.29, 0.717) is 49.2 Å². The lowest BCUT2D eigenvalue weighted by molar-refractivity contribution is -0.129. The fraction of sp³-hybridized carbons (Fsp3) is 0.360. The third-order valence-electron chi connectivity index (χ3n) is 6.47. The molecule has 0 bridgehead atoms. The van der Waals surface area contributed by atoms with Gasteiger partial charge in [0.15, 0.2) is 11.6 Å². The second-order valence-electron chi connectivity index (χ2n) is 8.78. The van der Waals surface area contributed by atoms with Gasteiger partial charge in [0.25, 0.3) is 5.89 Å². The molecule has 37 heavy (non-hydrogen) atoms. The highest BCUT2D eigenvalue weighted by atomic mass is 19.3. The van der Waals surface area contributed by atoms with Crippen LogP contribution in [0.1, 0.15) is 37.6 Å². The predicted octanol–water partition coefficient (Wildman–Crippen LogP) is 4.56. The quantitative estimate of drug-likeness (QED) is 0.321. The van der Waals surface area contributed by atoms with Crippen LogP contribution in [-0.4, -0.2) is 53.6 Å². The number of likely N-dealkylation sites (tertiary alicyclic amines) is 1. The van der Waals surface area contributed by atoms with Crippen LogP contribution in [0.3, 0.4) is 0 Å². The molecule has 2 heterocycles. The summed E-state index contributed by atoms with van der Waals surface area (Å²) < 4.78 is 58.9. The maximum atomic E-state index is 14.3. The zero-order chi connectivity index (χ0) is 26.7. The highest BCUT2D eigenvalue weighted by Gasteiger charge is 2.27. The van der Waals surface area contributed by atoms with Gasteiger partial charge in [-0.25, -0.2) is 8.78 Å². The molecule has 0 N–H and O–H groups in total. The molecule has 1 saturated heterocycles. The first-order chi connectivity index (χ1) is 17.7. The molecule has 0 aliphatic carbocycles. The maximum Gasteiger partial charge on any atom is 0.314 e. The summed E-state index contributed by atoms with van der Waals surface area (Å²) in [5.74, 6) is -3.00. The van der Waals surface area contributed by atoms with Crippen LogP contribution in [0.4, 0.5) is 28.9 Å². The molecule has 0 spiro atoms. The van der Waals surface area contributed by atoms with E-state index < -0.39 is 24.0 Å². The van der Waals surface area contributed by atoms with E-state index in [0.717, 1.165) is 12.1 Å². The second-order valence-corrected chi connectivity index (χ2v) is 8.78. The Morgan fingerprint density at radius 1 is 1.11 bits per heavy atom. The molecule has 1 aliphatic rings. The Hall–Kier alpha value is -3.96. The Kier molecular flexibility index (Phi) is 7.74. The highest BCUT2D eigenvalue weighted by molar-refractivity contribution is 5.84. The predicted molar refractivity (Wildman–Crippen MR) is 127 cm³/mol. The summed E-state index contributed by atoms with van der Waals surface area (Å²) in [4.78, 5) is 28.5. The number of piperidine rings is 1. The Morgan fingerprint density at radius 3 is 2.27 bits per heavy atom. The monoisotopic (exact) mass is 519 g/mol. The van der Waals surface area contributed by atoms with Gasteiger partial charge in [-0.2, -0.15) is 8.78 Å². The Labute approximate surface area is 210 Å². The molecule has 8 nitrogen and oxygen atoms in total. The Bertz CT molecular complexity index is 1260. The number of carbonyl (C=O) groups excluding carboxylic acids is 2. The maximum absolute atomic E-state index is 14.3. The molecule has 12 heteroatoms. The van der Waals surface area contributed by atoms with E-state index in [4.69, 9.17) is 4.42 Å². The minimum atomic E-state index is -2.88. The van der Waals surface area contributed by atoms with Crippen LogP contribution in [-0.2, 0) is 16.1 Å². The summed E-state index contributed by atoms with van der Waals surface area (Å²) >= 11 is 0. The van der Waals surface area contributed by atoms with Crippen molar-refractivity contribution in [3.8, 4) is 11.5 Å². The standard InChI is InChI=1S/C25H25F4N5O3/c1-15(36)33-9-7-18(8-10-33)32(2)21-11-19(26)20(27)12-22(21)34(14-35)13-16-3-5-17(6-4-16)24-30-31-25(37-24)23(28)29/h3-6,11-12,14,18,23H,7-10,13H2,1-2H3. The third kappa shape index (κ3) is 5.73. The number of rotatable bonds is 8. The minimum absolute atomic E-state index is 0.0127. The lowest BCUT2D eigenvalue weighted by Crippen LogP contribution is -2.45. The summed E-state index contributed by atoms with van der Waals surface area (Å²) in [5, 5.41) is 6.90. The van der Waals surface area contributed by atoms with Crippen molar-refractivity contribution in [2.45, 2.75) is 38.8 Å². The number of amides is 2. The van der Waals surface area contributed by atoms with Crippen LogP contribution in [0.25, 0.3) is 11.5 Å². The molecule has 4 rings (SSSR count). The normalized spacial score (nSPS) is 14.2. The van der Waals surface area contributed by atoms with Gasteiger partial charge in [-0.15, -0.1) is 10.2 Å². The van der Waals surface area contributed by atoms with E-state index in [1.165, 1.54) is 11.8 Å². The molecule has 1 aliphatic heterocycles. The topological polar surface area (TPSA) is 82.8 Å². The lowest BCUT2D eigenvalue weighted by Gasteiger charge is -2.39. The summed E-state index contributed by atoms with van der Waals surface area (Å²) in [6.07, 6.45) is -1.07. The zero-order valence-corrected chi connectivity index (χ0v) is 20.2. The summed E-state index contributed by atoms with van der Waals surface area (Å²) in [7, 11) is 1.75. The van der Waals surface area contributed by atoms with Crippen LogP contribution < -0.4 is 9.80 Å². The molecule has 1 aromatic heterocycles.